The number of alkyl halides is 4. The maximum atomic E-state index is 14.0. The Hall–Kier alpha value is -2.27. The summed E-state index contributed by atoms with van der Waals surface area (Å²) < 4.78 is 108. The lowest BCUT2D eigenvalue weighted by Gasteiger charge is -2.16. The molecule has 1 atom stereocenters. The van der Waals surface area contributed by atoms with Gasteiger partial charge in [-0.1, -0.05) is 12.7 Å². The molecule has 2 rings (SSSR count). The Morgan fingerprint density at radius 2 is 1.86 bits per heavy atom. The van der Waals surface area contributed by atoms with E-state index in [1.165, 1.54) is 0 Å². The summed E-state index contributed by atoms with van der Waals surface area (Å²) in [6.07, 6.45) is -1.88. The molecule has 1 aromatic rings. The van der Waals surface area contributed by atoms with Crippen LogP contribution in [0.4, 0.5) is 26.3 Å². The second kappa shape index (κ2) is 8.00. The van der Waals surface area contributed by atoms with E-state index in [1.807, 2.05) is 0 Å². The molecule has 154 valence electrons. The first-order valence-corrected chi connectivity index (χ1v) is 9.33. The highest BCUT2D eigenvalue weighted by Crippen LogP contribution is 2.43. The van der Waals surface area contributed by atoms with E-state index < -0.39 is 74.1 Å². The summed E-state index contributed by atoms with van der Waals surface area (Å²) in [6.45, 7) is 3.32. The number of ether oxygens (including phenoxy) is 1. The van der Waals surface area contributed by atoms with Crippen LogP contribution >= 0.6 is 0 Å². The zero-order valence-electron chi connectivity index (χ0n) is 14.0. The van der Waals surface area contributed by atoms with Gasteiger partial charge < -0.3 is 9.84 Å². The number of benzene rings is 1. The van der Waals surface area contributed by atoms with E-state index in [1.54, 1.807) is 0 Å². The van der Waals surface area contributed by atoms with Gasteiger partial charge in [-0.25, -0.2) is 26.0 Å². The van der Waals surface area contributed by atoms with Crippen molar-refractivity contribution >= 4 is 9.84 Å². The molecule has 4 nitrogen and oxygen atoms in total. The summed E-state index contributed by atoms with van der Waals surface area (Å²) in [5.41, 5.74) is -1.47. The summed E-state index contributed by atoms with van der Waals surface area (Å²) >= 11 is 0. The van der Waals surface area contributed by atoms with Gasteiger partial charge in [-0.05, 0) is 11.6 Å². The second-order valence-electron chi connectivity index (χ2n) is 5.89. The van der Waals surface area contributed by atoms with Crippen LogP contribution < -0.4 is 4.74 Å². The highest BCUT2D eigenvalue weighted by molar-refractivity contribution is 7.91. The summed E-state index contributed by atoms with van der Waals surface area (Å²) in [6, 6.07) is 1.97. The monoisotopic (exact) mass is 428 g/mol. The van der Waals surface area contributed by atoms with Crippen LogP contribution in [0.3, 0.4) is 0 Å². The van der Waals surface area contributed by atoms with Crippen LogP contribution in [0.5, 0.6) is 5.75 Å². The van der Waals surface area contributed by atoms with Gasteiger partial charge in [0, 0.05) is 30.2 Å². The lowest BCUT2D eigenvalue weighted by Crippen LogP contribution is -2.32. The molecule has 1 N–H and O–H groups in total. The van der Waals surface area contributed by atoms with Crippen LogP contribution in [0.25, 0.3) is 0 Å². The predicted molar refractivity (Wildman–Crippen MR) is 87.7 cm³/mol. The minimum Gasteiger partial charge on any atom is -0.457 e. The fourth-order valence-electron chi connectivity index (χ4n) is 2.57. The van der Waals surface area contributed by atoms with Crippen molar-refractivity contribution in [1.82, 2.24) is 0 Å². The summed E-state index contributed by atoms with van der Waals surface area (Å²) in [4.78, 5) is 0. The molecule has 1 aromatic carbocycles. The Morgan fingerprint density at radius 3 is 2.36 bits per heavy atom. The van der Waals surface area contributed by atoms with Crippen LogP contribution in [-0.4, -0.2) is 37.1 Å². The molecule has 0 amide bonds. The molecule has 0 aliphatic heterocycles. The van der Waals surface area contributed by atoms with Crippen molar-refractivity contribution in [3.63, 3.8) is 0 Å². The van der Waals surface area contributed by atoms with Gasteiger partial charge in [-0.15, -0.1) is 0 Å². The smallest absolute Gasteiger partial charge is 0.337 e. The highest BCUT2D eigenvalue weighted by atomic mass is 32.2. The number of allylic oxidation sites excluding steroid dienone is 3. The summed E-state index contributed by atoms with van der Waals surface area (Å²) in [7, 11) is -5.15. The molecule has 0 spiro atoms. The number of aliphatic hydroxyl groups is 1. The van der Waals surface area contributed by atoms with Gasteiger partial charge in [-0.2, -0.15) is 8.78 Å². The molecule has 28 heavy (non-hydrogen) atoms. The van der Waals surface area contributed by atoms with Crippen molar-refractivity contribution in [2.75, 3.05) is 5.75 Å². The quantitative estimate of drug-likeness (QED) is 0.408. The van der Waals surface area contributed by atoms with Crippen molar-refractivity contribution in [3.8, 4) is 5.75 Å². The Kier molecular flexibility index (Phi) is 6.29. The molecule has 0 aromatic heterocycles. The van der Waals surface area contributed by atoms with E-state index in [-0.39, 0.29) is 0 Å². The summed E-state index contributed by atoms with van der Waals surface area (Å²) in [5.74, 6) is -12.3. The standard InChI is InChI=1S/C17H14F6O4S/c1-2-3-14(27-11-5-9(18)4-10(19)6-11)12-7-17(22,23)15(24)13(12)8-28(25,26)16(20)21/h2-6,15-16,24H,1,7-8H2/b14-3+. The van der Waals surface area contributed by atoms with E-state index >= 15 is 0 Å². The van der Waals surface area contributed by atoms with Gasteiger partial charge in [0.1, 0.15) is 29.2 Å². The predicted octanol–water partition coefficient (Wildman–Crippen LogP) is 3.75. The topological polar surface area (TPSA) is 63.6 Å². The molecule has 11 heteroatoms. The number of hydrogen-bond donors (Lipinski definition) is 1. The van der Waals surface area contributed by atoms with E-state index in [2.05, 4.69) is 6.58 Å². The van der Waals surface area contributed by atoms with Crippen molar-refractivity contribution in [2.45, 2.75) is 24.2 Å². The molecule has 0 heterocycles. The van der Waals surface area contributed by atoms with Crippen molar-refractivity contribution < 1.29 is 44.6 Å². The van der Waals surface area contributed by atoms with Crippen LogP contribution in [0, 0.1) is 11.6 Å². The zero-order chi connectivity index (χ0) is 21.3. The third-order valence-corrected chi connectivity index (χ3v) is 5.05. The second-order valence-corrected chi connectivity index (χ2v) is 7.86. The van der Waals surface area contributed by atoms with Crippen molar-refractivity contribution in [1.29, 1.82) is 0 Å². The Bertz CT molecular complexity index is 917. The van der Waals surface area contributed by atoms with E-state index in [0.717, 1.165) is 24.3 Å². The molecule has 1 aliphatic carbocycles. The maximum absolute atomic E-state index is 14.0. The molecule has 0 radical (unpaired) electrons. The molecular formula is C17H14F6O4S. The summed E-state index contributed by atoms with van der Waals surface area (Å²) in [5, 5.41) is 9.76. The van der Waals surface area contributed by atoms with Crippen molar-refractivity contribution in [3.05, 3.63) is 65.5 Å². The molecule has 1 aliphatic rings. The number of hydrogen-bond acceptors (Lipinski definition) is 4. The molecule has 0 saturated heterocycles. The van der Waals surface area contributed by atoms with E-state index in [4.69, 9.17) is 4.74 Å². The van der Waals surface area contributed by atoms with Crippen LogP contribution in [0.1, 0.15) is 6.42 Å². The Morgan fingerprint density at radius 1 is 1.29 bits per heavy atom. The lowest BCUT2D eigenvalue weighted by molar-refractivity contribution is -0.0783. The van der Waals surface area contributed by atoms with Gasteiger partial charge >= 0.3 is 5.76 Å². The van der Waals surface area contributed by atoms with Crippen molar-refractivity contribution in [2.24, 2.45) is 0 Å². The molecular weight excluding hydrogens is 414 g/mol. The van der Waals surface area contributed by atoms with E-state index in [9.17, 15) is 39.9 Å². The van der Waals surface area contributed by atoms with Crippen LogP contribution in [0.15, 0.2) is 53.8 Å². The third-order valence-electron chi connectivity index (χ3n) is 3.79. The van der Waals surface area contributed by atoms with Gasteiger partial charge in [-0.3, -0.25) is 0 Å². The number of sulfone groups is 1. The fourth-order valence-corrected chi connectivity index (χ4v) is 3.47. The minimum atomic E-state index is -5.15. The van der Waals surface area contributed by atoms with E-state index in [0.29, 0.717) is 6.07 Å². The number of aliphatic hydroxyl groups excluding tert-OH is 1. The van der Waals surface area contributed by atoms with Gasteiger partial charge in [0.2, 0.25) is 9.84 Å². The first kappa shape index (κ1) is 22.0. The first-order valence-electron chi connectivity index (χ1n) is 7.62. The Balaban J connectivity index is 2.54. The normalized spacial score (nSPS) is 20.0. The average molecular weight is 428 g/mol. The number of rotatable bonds is 7. The van der Waals surface area contributed by atoms with Gasteiger partial charge in [0.25, 0.3) is 5.92 Å². The third kappa shape index (κ3) is 4.76. The molecule has 0 saturated carbocycles. The highest BCUT2D eigenvalue weighted by Gasteiger charge is 2.51. The molecule has 0 fully saturated rings. The molecule has 1 unspecified atom stereocenters. The SMILES string of the molecule is C=C/C=C(/Oc1cc(F)cc(F)c1)C1=C(CS(=O)(=O)C(F)F)C(O)C(F)(F)C1. The Labute approximate surface area is 156 Å². The molecule has 0 bridgehead atoms. The minimum absolute atomic E-state index is 0.459. The largest absolute Gasteiger partial charge is 0.457 e. The number of halogens is 6. The first-order chi connectivity index (χ1) is 12.9. The lowest BCUT2D eigenvalue weighted by atomic mass is 10.1. The fraction of sp³-hybridized carbons (Fsp3) is 0.294. The maximum Gasteiger partial charge on any atom is 0.337 e. The van der Waals surface area contributed by atoms with Crippen LogP contribution in [-0.2, 0) is 9.84 Å². The van der Waals surface area contributed by atoms with Crippen LogP contribution in [0.2, 0.25) is 0 Å². The zero-order valence-corrected chi connectivity index (χ0v) is 14.8. The van der Waals surface area contributed by atoms with Gasteiger partial charge in [0.05, 0.1) is 5.75 Å². The average Bonchev–Trinajstić information content (AvgIpc) is 2.77. The van der Waals surface area contributed by atoms with Gasteiger partial charge in [0.15, 0.2) is 0 Å².